The summed E-state index contributed by atoms with van der Waals surface area (Å²) in [7, 11) is 0. The number of fused-ring (bicyclic) bond motifs is 1. The average molecular weight is 530 g/mol. The van der Waals surface area contributed by atoms with Crippen LogP contribution in [0.5, 0.6) is 0 Å². The van der Waals surface area contributed by atoms with E-state index in [1.165, 1.54) is 12.1 Å². The zero-order chi connectivity index (χ0) is 27.4. The molecule has 3 heterocycles. The lowest BCUT2D eigenvalue weighted by molar-refractivity contribution is -0.132. The first-order valence-electron chi connectivity index (χ1n) is 13.7. The predicted molar refractivity (Wildman–Crippen MR) is 151 cm³/mol. The number of β-amino-alcohol motifs (C(OH)–C–C–N with tert-alkyl or cyclic N) is 1. The lowest BCUT2D eigenvalue weighted by Gasteiger charge is -2.34. The highest BCUT2D eigenvalue weighted by atomic mass is 19.1. The molecular formula is C31H36FN5O2. The van der Waals surface area contributed by atoms with Gasteiger partial charge in [0.1, 0.15) is 11.6 Å². The van der Waals surface area contributed by atoms with Gasteiger partial charge in [0.15, 0.2) is 0 Å². The number of carbonyl (C=O) groups excluding carboxylic acids is 1. The van der Waals surface area contributed by atoms with Crippen LogP contribution in [0, 0.1) is 19.7 Å². The van der Waals surface area contributed by atoms with Gasteiger partial charge in [-0.3, -0.25) is 9.48 Å². The second-order valence-corrected chi connectivity index (χ2v) is 10.5. The van der Waals surface area contributed by atoms with Crippen LogP contribution in [-0.2, 0) is 24.3 Å². The van der Waals surface area contributed by atoms with Crippen molar-refractivity contribution in [2.24, 2.45) is 0 Å². The van der Waals surface area contributed by atoms with Crippen molar-refractivity contribution in [1.29, 1.82) is 0 Å². The van der Waals surface area contributed by atoms with E-state index in [0.717, 1.165) is 58.5 Å². The van der Waals surface area contributed by atoms with E-state index >= 15 is 0 Å². The van der Waals surface area contributed by atoms with Crippen LogP contribution in [0.15, 0.2) is 60.8 Å². The average Bonchev–Trinajstić information content (AvgIpc) is 3.35. The van der Waals surface area contributed by atoms with E-state index in [9.17, 15) is 14.3 Å². The molecule has 0 saturated carbocycles. The molecule has 7 nitrogen and oxygen atoms in total. The maximum atomic E-state index is 13.6. The number of aryl methyl sites for hydroxylation is 3. The highest BCUT2D eigenvalue weighted by Crippen LogP contribution is 2.29. The lowest BCUT2D eigenvalue weighted by Crippen LogP contribution is -2.40. The largest absolute Gasteiger partial charge is 0.391 e. The van der Waals surface area contributed by atoms with Crippen molar-refractivity contribution in [1.82, 2.24) is 19.7 Å². The first kappa shape index (κ1) is 26.8. The Kier molecular flexibility index (Phi) is 8.21. The summed E-state index contributed by atoms with van der Waals surface area (Å²) in [4.78, 5) is 22.7. The van der Waals surface area contributed by atoms with Gasteiger partial charge in [0.2, 0.25) is 5.91 Å². The Hall–Kier alpha value is -3.78. The number of amides is 1. The third-order valence-electron chi connectivity index (χ3n) is 7.43. The molecule has 2 aromatic carbocycles. The molecule has 4 aromatic rings. The summed E-state index contributed by atoms with van der Waals surface area (Å²) < 4.78 is 15.3. The summed E-state index contributed by atoms with van der Waals surface area (Å²) in [5, 5.41) is 15.9. The Morgan fingerprint density at radius 2 is 1.97 bits per heavy atom. The minimum Gasteiger partial charge on any atom is -0.391 e. The number of anilines is 1. The number of hydrogen-bond acceptors (Lipinski definition) is 5. The van der Waals surface area contributed by atoms with Gasteiger partial charge >= 0.3 is 0 Å². The van der Waals surface area contributed by atoms with Crippen molar-refractivity contribution in [3.05, 3.63) is 89.0 Å². The van der Waals surface area contributed by atoms with E-state index < -0.39 is 6.10 Å². The zero-order valence-electron chi connectivity index (χ0n) is 22.7. The summed E-state index contributed by atoms with van der Waals surface area (Å²) in [5.74, 6) is 0.587. The summed E-state index contributed by atoms with van der Waals surface area (Å²) in [6.45, 7) is 6.73. The number of para-hydroxylation sites is 1. The SMILES string of the molecule is Cc1ccn(CCC(=O)N(CCc2ccc(F)cc2)Cc2cc3cccc(C)c3nc2N2CCCC(O)C2)n1. The summed E-state index contributed by atoms with van der Waals surface area (Å²) >= 11 is 0. The first-order chi connectivity index (χ1) is 18.9. The number of benzene rings is 2. The van der Waals surface area contributed by atoms with E-state index in [1.807, 2.05) is 30.2 Å². The fourth-order valence-electron chi connectivity index (χ4n) is 5.29. The normalized spacial score (nSPS) is 15.6. The van der Waals surface area contributed by atoms with Crippen LogP contribution in [-0.4, -0.2) is 56.4 Å². The van der Waals surface area contributed by atoms with E-state index in [-0.39, 0.29) is 11.7 Å². The quantitative estimate of drug-likeness (QED) is 0.337. The molecule has 1 aliphatic heterocycles. The van der Waals surface area contributed by atoms with Crippen molar-refractivity contribution in [3.63, 3.8) is 0 Å². The Balaban J connectivity index is 1.45. The molecule has 204 valence electrons. The van der Waals surface area contributed by atoms with Gasteiger partial charge in [0.05, 0.1) is 17.3 Å². The number of hydrogen-bond donors (Lipinski definition) is 1. The van der Waals surface area contributed by atoms with Crippen molar-refractivity contribution in [2.45, 2.75) is 58.7 Å². The molecule has 1 amide bonds. The Morgan fingerprint density at radius 3 is 2.72 bits per heavy atom. The van der Waals surface area contributed by atoms with E-state index in [0.29, 0.717) is 39.0 Å². The minimum absolute atomic E-state index is 0.0271. The number of rotatable bonds is 9. The molecule has 0 aliphatic carbocycles. The molecular weight excluding hydrogens is 493 g/mol. The maximum Gasteiger partial charge on any atom is 0.224 e. The van der Waals surface area contributed by atoms with Gasteiger partial charge in [0.25, 0.3) is 0 Å². The van der Waals surface area contributed by atoms with Crippen LogP contribution in [0.2, 0.25) is 0 Å². The molecule has 1 unspecified atom stereocenters. The molecule has 8 heteroatoms. The monoisotopic (exact) mass is 529 g/mol. The lowest BCUT2D eigenvalue weighted by atomic mass is 10.0. The molecule has 2 aromatic heterocycles. The number of carbonyl (C=O) groups is 1. The van der Waals surface area contributed by atoms with Crippen molar-refractivity contribution in [3.8, 4) is 0 Å². The smallest absolute Gasteiger partial charge is 0.224 e. The molecule has 1 saturated heterocycles. The van der Waals surface area contributed by atoms with Gasteiger partial charge in [-0.2, -0.15) is 5.10 Å². The Morgan fingerprint density at radius 1 is 1.15 bits per heavy atom. The fraction of sp³-hybridized carbons (Fsp3) is 0.387. The summed E-state index contributed by atoms with van der Waals surface area (Å²) in [6, 6.07) is 16.7. The van der Waals surface area contributed by atoms with Crippen molar-refractivity contribution < 1.29 is 14.3 Å². The van der Waals surface area contributed by atoms with Gasteiger partial charge in [0, 0.05) is 56.3 Å². The number of aromatic nitrogens is 3. The zero-order valence-corrected chi connectivity index (χ0v) is 22.7. The number of halogens is 1. The number of pyridine rings is 1. The Labute approximate surface area is 228 Å². The standard InChI is InChI=1S/C31H36FN5O2/c1-22-5-3-6-25-19-26(31(33-30(22)25)36-15-4-7-28(38)21-36)20-35(16-13-24-8-10-27(32)11-9-24)29(39)14-18-37-17-12-23(2)34-37/h3,5-6,8-12,17,19,28,38H,4,7,13-16,18,20-21H2,1-2H3. The summed E-state index contributed by atoms with van der Waals surface area (Å²) in [5.41, 5.74) is 4.89. The second-order valence-electron chi connectivity index (χ2n) is 10.5. The molecule has 0 radical (unpaired) electrons. The van der Waals surface area contributed by atoms with Gasteiger partial charge in [-0.25, -0.2) is 9.37 Å². The highest BCUT2D eigenvalue weighted by molar-refractivity contribution is 5.85. The van der Waals surface area contributed by atoms with Crippen molar-refractivity contribution >= 4 is 22.6 Å². The summed E-state index contributed by atoms with van der Waals surface area (Å²) in [6.07, 6.45) is 4.11. The van der Waals surface area contributed by atoms with Gasteiger partial charge in [-0.1, -0.05) is 30.3 Å². The minimum atomic E-state index is -0.394. The van der Waals surface area contributed by atoms with Crippen LogP contribution < -0.4 is 4.90 Å². The molecule has 1 atom stereocenters. The topological polar surface area (TPSA) is 74.5 Å². The van der Waals surface area contributed by atoms with Crippen LogP contribution in [0.4, 0.5) is 10.2 Å². The van der Waals surface area contributed by atoms with Crippen LogP contribution >= 0.6 is 0 Å². The molecule has 0 bridgehead atoms. The van der Waals surface area contributed by atoms with Crippen LogP contribution in [0.25, 0.3) is 10.9 Å². The molecule has 1 N–H and O–H groups in total. The maximum absolute atomic E-state index is 13.6. The molecule has 5 rings (SSSR count). The molecule has 1 aliphatic rings. The van der Waals surface area contributed by atoms with E-state index in [4.69, 9.17) is 4.98 Å². The van der Waals surface area contributed by atoms with E-state index in [1.54, 1.807) is 16.8 Å². The van der Waals surface area contributed by atoms with Crippen LogP contribution in [0.1, 0.15) is 41.6 Å². The molecule has 1 fully saturated rings. The number of nitrogens with zero attached hydrogens (tertiary/aromatic N) is 5. The second kappa shape index (κ2) is 11.9. The molecule has 0 spiro atoms. The van der Waals surface area contributed by atoms with Gasteiger partial charge in [-0.05, 0) is 68.5 Å². The third kappa shape index (κ3) is 6.63. The number of piperidine rings is 1. The van der Waals surface area contributed by atoms with Gasteiger partial charge in [-0.15, -0.1) is 0 Å². The highest BCUT2D eigenvalue weighted by Gasteiger charge is 2.24. The van der Waals surface area contributed by atoms with E-state index in [2.05, 4.69) is 35.1 Å². The van der Waals surface area contributed by atoms with Crippen molar-refractivity contribution in [2.75, 3.05) is 24.5 Å². The third-order valence-corrected chi connectivity index (χ3v) is 7.43. The molecule has 39 heavy (non-hydrogen) atoms. The Bertz CT molecular complexity index is 1430. The fourth-order valence-corrected chi connectivity index (χ4v) is 5.29. The van der Waals surface area contributed by atoms with Gasteiger partial charge < -0.3 is 14.9 Å². The predicted octanol–water partition coefficient (Wildman–Crippen LogP) is 4.81. The first-order valence-corrected chi connectivity index (χ1v) is 13.7. The number of aliphatic hydroxyl groups excluding tert-OH is 1. The van der Waals surface area contributed by atoms with Crippen LogP contribution in [0.3, 0.4) is 0 Å². The number of aliphatic hydroxyl groups is 1.